The molecule has 0 aliphatic carbocycles. The molecule has 1 atom stereocenters. The lowest BCUT2D eigenvalue weighted by atomic mass is 10.0. The van der Waals surface area contributed by atoms with Gasteiger partial charge in [0, 0.05) is 19.3 Å². The van der Waals surface area contributed by atoms with E-state index in [0.29, 0.717) is 19.3 Å². The maximum Gasteiger partial charge on any atom is 0.306 e. The minimum absolute atomic E-state index is 0.0865. The van der Waals surface area contributed by atoms with Gasteiger partial charge in [-0.3, -0.25) is 14.4 Å². The lowest BCUT2D eigenvalue weighted by molar-refractivity contribution is -0.167. The van der Waals surface area contributed by atoms with Crippen LogP contribution in [-0.2, 0) is 28.6 Å². The fourth-order valence-corrected chi connectivity index (χ4v) is 8.65. The Balaban J connectivity index is 4.15. The van der Waals surface area contributed by atoms with Crippen LogP contribution in [0.5, 0.6) is 0 Å². The van der Waals surface area contributed by atoms with Crippen LogP contribution in [0.15, 0.2) is 134 Å². The summed E-state index contributed by atoms with van der Waals surface area (Å²) in [6, 6.07) is 0. The van der Waals surface area contributed by atoms with E-state index in [-0.39, 0.29) is 31.1 Å². The summed E-state index contributed by atoms with van der Waals surface area (Å²) in [5, 5.41) is 0. The Morgan fingerprint density at radius 1 is 0.269 bits per heavy atom. The summed E-state index contributed by atoms with van der Waals surface area (Å²) in [5.41, 5.74) is 0. The van der Waals surface area contributed by atoms with Crippen LogP contribution in [0.25, 0.3) is 0 Å². The molecule has 0 radical (unpaired) electrons. The molecule has 0 saturated heterocycles. The van der Waals surface area contributed by atoms with Crippen molar-refractivity contribution in [1.29, 1.82) is 0 Å². The molecule has 78 heavy (non-hydrogen) atoms. The second-order valence-electron chi connectivity index (χ2n) is 20.9. The summed E-state index contributed by atoms with van der Waals surface area (Å²) in [4.78, 5) is 38.0. The summed E-state index contributed by atoms with van der Waals surface area (Å²) >= 11 is 0. The minimum Gasteiger partial charge on any atom is -0.462 e. The highest BCUT2D eigenvalue weighted by molar-refractivity contribution is 5.71. The molecule has 0 aromatic carbocycles. The van der Waals surface area contributed by atoms with Gasteiger partial charge in [-0.05, 0) is 116 Å². The minimum atomic E-state index is -0.788. The molecule has 0 aliphatic heterocycles. The van der Waals surface area contributed by atoms with E-state index in [1.165, 1.54) is 96.3 Å². The number of hydrogen-bond donors (Lipinski definition) is 0. The van der Waals surface area contributed by atoms with Gasteiger partial charge in [0.25, 0.3) is 0 Å². The van der Waals surface area contributed by atoms with Crippen LogP contribution in [0.2, 0.25) is 0 Å². The molecule has 0 aromatic rings. The summed E-state index contributed by atoms with van der Waals surface area (Å²) in [6.45, 7) is 6.34. The molecule has 0 N–H and O–H groups in total. The number of esters is 3. The molecule has 1 unspecified atom stereocenters. The standard InChI is InChI=1S/C72H118O6/c1-4-7-10-13-16-18-20-22-24-26-28-30-32-34-36-38-40-42-44-46-48-50-52-54-56-59-62-65-71(74)77-68-69(67-76-70(73)64-61-58-15-12-9-6-3)78-72(75)66-63-60-57-55-53-51-49-47-45-43-41-39-37-35-33-31-29-27-25-23-21-19-17-14-11-8-5-2/h7-8,10-11,16-19,22-25,28-31,34,36,40,42,46,48,69H,4-6,9,12-15,20-21,26-27,32-33,35,37-39,41,43-45,47,49-68H2,1-3H3/b10-7-,11-8-,18-16-,19-17-,24-22-,25-23-,30-28-,31-29-,36-34-,42-40-,48-46-. The SMILES string of the molecule is CC/C=C\C/C=C\C/C=C\C/C=C\C/C=C\C/C=C\C/C=C\CCCCCCCC(=O)OCC(COC(=O)CCCCCCCC)OC(=O)CCCCCCCCCCCCCCCC/C=C\C/C=C\C/C=C\C/C=C\CC. The van der Waals surface area contributed by atoms with Crippen molar-refractivity contribution in [2.45, 2.75) is 290 Å². The van der Waals surface area contributed by atoms with E-state index < -0.39 is 6.10 Å². The average Bonchev–Trinajstić information content (AvgIpc) is 3.44. The smallest absolute Gasteiger partial charge is 0.306 e. The van der Waals surface area contributed by atoms with Gasteiger partial charge in [0.2, 0.25) is 0 Å². The number of carbonyl (C=O) groups is 3. The molecule has 0 heterocycles. The zero-order valence-corrected chi connectivity index (χ0v) is 50.6. The van der Waals surface area contributed by atoms with Crippen molar-refractivity contribution in [1.82, 2.24) is 0 Å². The summed E-state index contributed by atoms with van der Waals surface area (Å²) in [5.74, 6) is -0.915. The molecule has 0 aliphatic rings. The van der Waals surface area contributed by atoms with Crippen LogP contribution in [0.4, 0.5) is 0 Å². The number of rotatable bonds is 57. The number of allylic oxidation sites excluding steroid dienone is 22. The molecule has 0 spiro atoms. The first-order chi connectivity index (χ1) is 38.5. The van der Waals surface area contributed by atoms with Crippen LogP contribution in [0.1, 0.15) is 284 Å². The van der Waals surface area contributed by atoms with Crippen LogP contribution in [0, 0.1) is 0 Å². The number of ether oxygens (including phenoxy) is 3. The van der Waals surface area contributed by atoms with E-state index in [1.807, 2.05) is 0 Å². The van der Waals surface area contributed by atoms with Gasteiger partial charge in [-0.2, -0.15) is 0 Å². The summed E-state index contributed by atoms with van der Waals surface area (Å²) < 4.78 is 16.8. The van der Waals surface area contributed by atoms with Crippen molar-refractivity contribution in [3.05, 3.63) is 134 Å². The highest BCUT2D eigenvalue weighted by Gasteiger charge is 2.19. The molecule has 0 fully saturated rings. The van der Waals surface area contributed by atoms with Gasteiger partial charge in [0.05, 0.1) is 0 Å². The first kappa shape index (κ1) is 73.5. The maximum absolute atomic E-state index is 12.9. The first-order valence-corrected chi connectivity index (χ1v) is 32.2. The fourth-order valence-electron chi connectivity index (χ4n) is 8.65. The van der Waals surface area contributed by atoms with Crippen LogP contribution in [-0.4, -0.2) is 37.2 Å². The quantitative estimate of drug-likeness (QED) is 0.0261. The molecule has 0 rings (SSSR count). The van der Waals surface area contributed by atoms with E-state index in [9.17, 15) is 14.4 Å². The largest absolute Gasteiger partial charge is 0.462 e. The van der Waals surface area contributed by atoms with E-state index in [4.69, 9.17) is 14.2 Å². The van der Waals surface area contributed by atoms with E-state index >= 15 is 0 Å². The van der Waals surface area contributed by atoms with Gasteiger partial charge in [-0.25, -0.2) is 0 Å². The molecule has 0 saturated carbocycles. The van der Waals surface area contributed by atoms with Crippen molar-refractivity contribution >= 4 is 17.9 Å². The molecule has 0 amide bonds. The average molecular weight is 1080 g/mol. The molecular weight excluding hydrogens is 961 g/mol. The molecule has 0 bridgehead atoms. The predicted molar refractivity (Wildman–Crippen MR) is 339 cm³/mol. The van der Waals surface area contributed by atoms with Gasteiger partial charge in [-0.1, -0.05) is 283 Å². The third-order valence-corrected chi connectivity index (χ3v) is 13.4. The molecule has 442 valence electrons. The monoisotopic (exact) mass is 1080 g/mol. The van der Waals surface area contributed by atoms with Crippen LogP contribution >= 0.6 is 0 Å². The lowest BCUT2D eigenvalue weighted by Gasteiger charge is -2.18. The second-order valence-corrected chi connectivity index (χ2v) is 20.9. The Morgan fingerprint density at radius 3 is 0.782 bits per heavy atom. The Hall–Kier alpha value is -4.45. The van der Waals surface area contributed by atoms with Gasteiger partial charge in [0.1, 0.15) is 13.2 Å². The van der Waals surface area contributed by atoms with Gasteiger partial charge >= 0.3 is 17.9 Å². The van der Waals surface area contributed by atoms with Crippen molar-refractivity contribution in [3.8, 4) is 0 Å². The van der Waals surface area contributed by atoms with E-state index in [0.717, 1.165) is 148 Å². The Bertz CT molecular complexity index is 1670. The third-order valence-electron chi connectivity index (χ3n) is 13.4. The Morgan fingerprint density at radius 2 is 0.500 bits per heavy atom. The zero-order valence-electron chi connectivity index (χ0n) is 50.6. The van der Waals surface area contributed by atoms with Crippen LogP contribution < -0.4 is 0 Å². The summed E-state index contributed by atoms with van der Waals surface area (Å²) in [7, 11) is 0. The molecule has 6 heteroatoms. The molecule has 0 aromatic heterocycles. The second kappa shape index (κ2) is 65.1. The van der Waals surface area contributed by atoms with Crippen molar-refractivity contribution in [2.75, 3.05) is 13.2 Å². The van der Waals surface area contributed by atoms with E-state index in [1.54, 1.807) is 0 Å². The Kier molecular flexibility index (Phi) is 61.4. The summed E-state index contributed by atoms with van der Waals surface area (Å²) in [6.07, 6.45) is 92.1. The normalized spacial score (nSPS) is 13.0. The zero-order chi connectivity index (χ0) is 56.4. The van der Waals surface area contributed by atoms with Gasteiger partial charge in [0.15, 0.2) is 6.10 Å². The molecule has 6 nitrogen and oxygen atoms in total. The highest BCUT2D eigenvalue weighted by atomic mass is 16.6. The Labute approximate surface area is 481 Å². The van der Waals surface area contributed by atoms with Crippen molar-refractivity contribution in [2.24, 2.45) is 0 Å². The lowest BCUT2D eigenvalue weighted by Crippen LogP contribution is -2.30. The van der Waals surface area contributed by atoms with Gasteiger partial charge < -0.3 is 14.2 Å². The fraction of sp³-hybridized carbons (Fsp3) is 0.653. The number of hydrogen-bond acceptors (Lipinski definition) is 6. The topological polar surface area (TPSA) is 78.9 Å². The number of carbonyl (C=O) groups excluding carboxylic acids is 3. The predicted octanol–water partition coefficient (Wildman–Crippen LogP) is 22.2. The molecular formula is C72H118O6. The van der Waals surface area contributed by atoms with Gasteiger partial charge in [-0.15, -0.1) is 0 Å². The van der Waals surface area contributed by atoms with E-state index in [2.05, 4.69) is 154 Å². The highest BCUT2D eigenvalue weighted by Crippen LogP contribution is 2.16. The van der Waals surface area contributed by atoms with Crippen LogP contribution in [0.3, 0.4) is 0 Å². The van der Waals surface area contributed by atoms with Crippen molar-refractivity contribution in [3.63, 3.8) is 0 Å². The maximum atomic E-state index is 12.9. The third kappa shape index (κ3) is 62.4. The first-order valence-electron chi connectivity index (χ1n) is 32.2. The van der Waals surface area contributed by atoms with Crippen molar-refractivity contribution < 1.29 is 28.6 Å². The number of unbranched alkanes of at least 4 members (excludes halogenated alkanes) is 24.